The molecule has 1 amide bonds. The average molecular weight is 368 g/mol. The highest BCUT2D eigenvalue weighted by molar-refractivity contribution is 5.98. The molecule has 0 unspecified atom stereocenters. The molecule has 4 rings (SSSR count). The Morgan fingerprint density at radius 3 is 2.46 bits per heavy atom. The molecule has 0 radical (unpaired) electrons. The van der Waals surface area contributed by atoms with Crippen molar-refractivity contribution in [3.63, 3.8) is 0 Å². The van der Waals surface area contributed by atoms with Gasteiger partial charge in [-0.25, -0.2) is 5.43 Å². The molecule has 1 N–H and O–H groups in total. The van der Waals surface area contributed by atoms with Gasteiger partial charge in [-0.2, -0.15) is 5.10 Å². The Morgan fingerprint density at radius 1 is 0.964 bits per heavy atom. The summed E-state index contributed by atoms with van der Waals surface area (Å²) in [5.41, 5.74) is 7.10. The van der Waals surface area contributed by atoms with Gasteiger partial charge >= 0.3 is 0 Å². The Labute approximate surface area is 163 Å². The Hall–Kier alpha value is -3.86. The maximum atomic E-state index is 12.6. The number of nitrogens with one attached hydrogen (secondary N) is 1. The number of rotatable bonds is 5. The number of nitrogens with zero attached hydrogens (tertiary/aromatic N) is 3. The number of hydrazone groups is 1. The fourth-order valence-electron chi connectivity index (χ4n) is 3.15. The van der Waals surface area contributed by atoms with Crippen LogP contribution in [0.3, 0.4) is 0 Å². The highest BCUT2D eigenvalue weighted by Gasteiger charge is 2.11. The van der Waals surface area contributed by atoms with Gasteiger partial charge in [0, 0.05) is 35.5 Å². The molecule has 2 heterocycles. The molecule has 0 bridgehead atoms. The minimum absolute atomic E-state index is 0.250. The van der Waals surface area contributed by atoms with E-state index in [0.717, 1.165) is 22.6 Å². The summed E-state index contributed by atoms with van der Waals surface area (Å²) in [7, 11) is 0. The summed E-state index contributed by atoms with van der Waals surface area (Å²) in [6, 6.07) is 23.4. The van der Waals surface area contributed by atoms with E-state index in [1.54, 1.807) is 12.3 Å². The molecule has 28 heavy (non-hydrogen) atoms. The largest absolute Gasteiger partial charge is 0.323 e. The van der Waals surface area contributed by atoms with Crippen LogP contribution in [0.15, 0.2) is 96.5 Å². The number of carbonyl (C=O) groups excluding carboxylic acids is 1. The molecule has 0 spiro atoms. The van der Waals surface area contributed by atoms with Gasteiger partial charge in [0.1, 0.15) is 0 Å². The fraction of sp³-hybridized carbons (Fsp3) is 0.0435. The first-order chi connectivity index (χ1) is 13.7. The predicted octanol–water partition coefficient (Wildman–Crippen LogP) is 4.34. The monoisotopic (exact) mass is 368 g/mol. The van der Waals surface area contributed by atoms with Crippen molar-refractivity contribution in [2.24, 2.45) is 5.10 Å². The van der Waals surface area contributed by atoms with Crippen molar-refractivity contribution >= 4 is 12.1 Å². The molecular formula is C23H20N4O. The summed E-state index contributed by atoms with van der Waals surface area (Å²) in [6.45, 7) is 2.04. The second-order valence-corrected chi connectivity index (χ2v) is 6.43. The Kier molecular flexibility index (Phi) is 4.89. The van der Waals surface area contributed by atoms with E-state index in [9.17, 15) is 4.79 Å². The van der Waals surface area contributed by atoms with E-state index in [0.29, 0.717) is 5.56 Å². The third-order valence-corrected chi connectivity index (χ3v) is 4.48. The van der Waals surface area contributed by atoms with Crippen LogP contribution in [0, 0.1) is 6.92 Å². The van der Waals surface area contributed by atoms with Gasteiger partial charge in [0.15, 0.2) is 0 Å². The zero-order valence-electron chi connectivity index (χ0n) is 15.5. The summed E-state index contributed by atoms with van der Waals surface area (Å²) >= 11 is 0. The first-order valence-corrected chi connectivity index (χ1v) is 9.02. The molecule has 0 atom stereocenters. The van der Waals surface area contributed by atoms with Gasteiger partial charge < -0.3 is 9.13 Å². The molecule has 2 aromatic heterocycles. The van der Waals surface area contributed by atoms with Crippen molar-refractivity contribution in [2.45, 2.75) is 6.92 Å². The van der Waals surface area contributed by atoms with Crippen LogP contribution in [0.1, 0.15) is 21.6 Å². The standard InChI is InChI=1S/C23H20N4O/c1-18-15-19(17-27(18)20-9-3-2-4-10-20)16-24-25-23(28)21-11-5-6-12-22(21)26-13-7-8-14-26/h2-17H,1H3,(H,25,28)/b24-16-. The maximum Gasteiger partial charge on any atom is 0.273 e. The number of benzene rings is 2. The van der Waals surface area contributed by atoms with Crippen molar-refractivity contribution in [1.29, 1.82) is 0 Å². The predicted molar refractivity (Wildman–Crippen MR) is 111 cm³/mol. The molecule has 0 saturated heterocycles. The van der Waals surface area contributed by atoms with Gasteiger partial charge in [-0.15, -0.1) is 0 Å². The minimum Gasteiger partial charge on any atom is -0.323 e. The van der Waals surface area contributed by atoms with Crippen LogP contribution in [-0.2, 0) is 0 Å². The average Bonchev–Trinajstić information content (AvgIpc) is 3.38. The second-order valence-electron chi connectivity index (χ2n) is 6.43. The van der Waals surface area contributed by atoms with Gasteiger partial charge in [0.05, 0.1) is 17.5 Å². The summed E-state index contributed by atoms with van der Waals surface area (Å²) in [5, 5.41) is 4.14. The van der Waals surface area contributed by atoms with E-state index < -0.39 is 0 Å². The van der Waals surface area contributed by atoms with Crippen LogP contribution in [0.4, 0.5) is 0 Å². The van der Waals surface area contributed by atoms with Crippen LogP contribution in [0.2, 0.25) is 0 Å². The van der Waals surface area contributed by atoms with Crippen LogP contribution in [-0.4, -0.2) is 21.3 Å². The summed E-state index contributed by atoms with van der Waals surface area (Å²) in [6.07, 6.45) is 7.46. The molecule has 0 saturated carbocycles. The lowest BCUT2D eigenvalue weighted by atomic mass is 10.1. The SMILES string of the molecule is Cc1cc(/C=N\NC(=O)c2ccccc2-n2cccc2)cn1-c1ccccc1. The summed E-state index contributed by atoms with van der Waals surface area (Å²) in [5.74, 6) is -0.250. The molecule has 5 nitrogen and oxygen atoms in total. The zero-order chi connectivity index (χ0) is 19.3. The number of hydrogen-bond acceptors (Lipinski definition) is 2. The van der Waals surface area contributed by atoms with Crippen molar-refractivity contribution in [3.05, 3.63) is 108 Å². The van der Waals surface area contributed by atoms with Gasteiger partial charge in [-0.1, -0.05) is 30.3 Å². The Balaban J connectivity index is 1.50. The van der Waals surface area contributed by atoms with Crippen LogP contribution < -0.4 is 5.43 Å². The van der Waals surface area contributed by atoms with E-state index >= 15 is 0 Å². The van der Waals surface area contributed by atoms with Gasteiger partial charge in [-0.05, 0) is 49.4 Å². The summed E-state index contributed by atoms with van der Waals surface area (Å²) in [4.78, 5) is 12.6. The lowest BCUT2D eigenvalue weighted by Crippen LogP contribution is -2.19. The quantitative estimate of drug-likeness (QED) is 0.413. The van der Waals surface area contributed by atoms with Crippen LogP contribution in [0.5, 0.6) is 0 Å². The molecular weight excluding hydrogens is 348 g/mol. The normalized spacial score (nSPS) is 11.0. The van der Waals surface area contributed by atoms with E-state index in [2.05, 4.69) is 15.1 Å². The number of amides is 1. The number of aryl methyl sites for hydroxylation is 1. The smallest absolute Gasteiger partial charge is 0.273 e. The van der Waals surface area contributed by atoms with Crippen molar-refractivity contribution in [3.8, 4) is 11.4 Å². The highest BCUT2D eigenvalue weighted by atomic mass is 16.2. The molecule has 138 valence electrons. The van der Waals surface area contributed by atoms with E-state index in [1.165, 1.54) is 0 Å². The zero-order valence-corrected chi connectivity index (χ0v) is 15.5. The molecule has 5 heteroatoms. The number of para-hydroxylation sites is 2. The first-order valence-electron chi connectivity index (χ1n) is 9.02. The second kappa shape index (κ2) is 7.80. The first kappa shape index (κ1) is 17.5. The topological polar surface area (TPSA) is 51.3 Å². The minimum atomic E-state index is -0.250. The molecule has 2 aromatic carbocycles. The van der Waals surface area contributed by atoms with Crippen LogP contribution in [0.25, 0.3) is 11.4 Å². The van der Waals surface area contributed by atoms with Crippen molar-refractivity contribution < 1.29 is 4.79 Å². The summed E-state index contributed by atoms with van der Waals surface area (Å²) < 4.78 is 3.99. The lowest BCUT2D eigenvalue weighted by molar-refractivity contribution is 0.0955. The number of hydrogen-bond donors (Lipinski definition) is 1. The van der Waals surface area contributed by atoms with E-state index in [1.807, 2.05) is 96.8 Å². The number of carbonyl (C=O) groups is 1. The maximum absolute atomic E-state index is 12.6. The lowest BCUT2D eigenvalue weighted by Gasteiger charge is -2.08. The van der Waals surface area contributed by atoms with Gasteiger partial charge in [-0.3, -0.25) is 4.79 Å². The molecule has 0 aliphatic heterocycles. The molecule has 4 aromatic rings. The van der Waals surface area contributed by atoms with E-state index in [-0.39, 0.29) is 5.91 Å². The van der Waals surface area contributed by atoms with Crippen molar-refractivity contribution in [1.82, 2.24) is 14.6 Å². The van der Waals surface area contributed by atoms with Gasteiger partial charge in [0.25, 0.3) is 5.91 Å². The number of aromatic nitrogens is 2. The Morgan fingerprint density at radius 2 is 1.68 bits per heavy atom. The van der Waals surface area contributed by atoms with E-state index in [4.69, 9.17) is 0 Å². The van der Waals surface area contributed by atoms with Crippen LogP contribution >= 0.6 is 0 Å². The third kappa shape index (κ3) is 3.64. The Bertz CT molecular complexity index is 1110. The molecule has 0 aliphatic carbocycles. The molecule has 0 aliphatic rings. The van der Waals surface area contributed by atoms with Gasteiger partial charge in [0.2, 0.25) is 0 Å². The fourth-order valence-corrected chi connectivity index (χ4v) is 3.15. The van der Waals surface area contributed by atoms with Crippen molar-refractivity contribution in [2.75, 3.05) is 0 Å². The highest BCUT2D eigenvalue weighted by Crippen LogP contribution is 2.15. The molecule has 0 fully saturated rings. The third-order valence-electron chi connectivity index (χ3n) is 4.48.